The van der Waals surface area contributed by atoms with Crippen molar-refractivity contribution in [3.05, 3.63) is 148 Å². The monoisotopic (exact) mass is 834 g/mol. The number of aromatic nitrogens is 4. The summed E-state index contributed by atoms with van der Waals surface area (Å²) in [5.41, 5.74) is 9.16. The summed E-state index contributed by atoms with van der Waals surface area (Å²) in [4.78, 5) is 4.87. The minimum atomic E-state index is -2.30. The first-order valence-corrected chi connectivity index (χ1v) is 18.0. The van der Waals surface area contributed by atoms with Gasteiger partial charge in [0.1, 0.15) is 0 Å². The summed E-state index contributed by atoms with van der Waals surface area (Å²) in [6.45, 7) is 4.34. The Kier molecular flexibility index (Phi) is 6.57. The van der Waals surface area contributed by atoms with E-state index >= 15 is 0 Å². The van der Waals surface area contributed by atoms with Gasteiger partial charge in [-0.05, 0) is 40.3 Å². The number of rotatable bonds is 5. The Bertz CT molecular complexity index is 2770. The molecule has 0 N–H and O–H groups in total. The Morgan fingerprint density at radius 2 is 1.58 bits per heavy atom. The van der Waals surface area contributed by atoms with Gasteiger partial charge < -0.3 is 0 Å². The molecule has 9 rings (SSSR count). The fourth-order valence-corrected chi connectivity index (χ4v) is 8.29. The van der Waals surface area contributed by atoms with E-state index in [1.54, 1.807) is 0 Å². The molecule has 0 aliphatic heterocycles. The van der Waals surface area contributed by atoms with Crippen LogP contribution in [0.3, 0.4) is 0 Å². The van der Waals surface area contributed by atoms with E-state index in [2.05, 4.69) is 128 Å². The number of benzene rings is 5. The van der Waals surface area contributed by atoms with Crippen LogP contribution in [0.25, 0.3) is 49.8 Å². The van der Waals surface area contributed by atoms with E-state index in [1.807, 2.05) is 48.7 Å². The number of aryl methyl sites for hydroxylation is 2. The van der Waals surface area contributed by atoms with Gasteiger partial charge >= 0.3 is 194 Å². The van der Waals surface area contributed by atoms with E-state index in [0.717, 1.165) is 62.7 Å². The maximum absolute atomic E-state index is 8.28. The van der Waals surface area contributed by atoms with E-state index in [1.165, 1.54) is 15.7 Å². The zero-order valence-corrected chi connectivity index (χ0v) is 30.2. The van der Waals surface area contributed by atoms with Crippen molar-refractivity contribution in [2.75, 3.05) is 0 Å². The van der Waals surface area contributed by atoms with Crippen molar-refractivity contribution < 1.29 is 28.2 Å². The van der Waals surface area contributed by atoms with Crippen molar-refractivity contribution in [3.8, 4) is 28.4 Å². The third-order valence-corrected chi connectivity index (χ3v) is 11.0. The predicted octanol–water partition coefficient (Wildman–Crippen LogP) is 10.4. The second kappa shape index (κ2) is 11.8. The minimum absolute atomic E-state index is 0.0474. The molecular weight excluding hydrogens is 796 g/mol. The molecule has 3 aromatic heterocycles. The number of hydrogen-bond acceptors (Lipinski definition) is 2. The molecule has 5 nitrogen and oxygen atoms in total. The molecule has 0 fully saturated rings. The van der Waals surface area contributed by atoms with Crippen LogP contribution in [0.15, 0.2) is 115 Å². The van der Waals surface area contributed by atoms with Gasteiger partial charge in [-0.15, -0.1) is 0 Å². The third-order valence-electron chi connectivity index (χ3n) is 9.93. The molecular formula is C44H36N4OPt-2. The zero-order chi connectivity index (χ0) is 36.6. The van der Waals surface area contributed by atoms with Gasteiger partial charge in [-0.3, -0.25) is 0 Å². The van der Waals surface area contributed by atoms with Crippen LogP contribution in [-0.2, 0) is 38.2 Å². The quantitative estimate of drug-likeness (QED) is 0.162. The fraction of sp³-hybridized carbons (Fsp3) is 0.182. The van der Waals surface area contributed by atoms with Gasteiger partial charge in [0.05, 0.1) is 0 Å². The molecule has 0 saturated carbocycles. The van der Waals surface area contributed by atoms with Gasteiger partial charge in [0, 0.05) is 6.20 Å². The molecule has 5 aromatic carbocycles. The van der Waals surface area contributed by atoms with Crippen LogP contribution in [0.5, 0.6) is 11.5 Å². The van der Waals surface area contributed by atoms with Crippen molar-refractivity contribution >= 4 is 32.8 Å². The van der Waals surface area contributed by atoms with E-state index in [4.69, 9.17) is 13.8 Å². The molecule has 1 aliphatic carbocycles. The molecule has 3 heterocycles. The van der Waals surface area contributed by atoms with Crippen molar-refractivity contribution in [1.82, 2.24) is 18.7 Å². The van der Waals surface area contributed by atoms with Crippen molar-refractivity contribution in [3.63, 3.8) is 0 Å². The second-order valence-corrected chi connectivity index (χ2v) is 15.0. The van der Waals surface area contributed by atoms with Crippen LogP contribution in [0.2, 0.25) is 0 Å². The topological polar surface area (TPSA) is 36.9 Å². The van der Waals surface area contributed by atoms with Crippen molar-refractivity contribution in [1.29, 1.82) is 0 Å². The van der Waals surface area contributed by atoms with Gasteiger partial charge in [-0.25, -0.2) is 4.98 Å². The standard InChI is InChI=1S/C44H36N4O.Pt/c1-44(2,3)32-22-23-45-43(25-32)48-39-21-16-31(29-10-6-5-7-11-29)24-37(39)35-19-18-34(27-42(35)48)49-33-17-14-30-15-20-38(36(30)26-33)47-28-46(4)40-12-8-9-13-41(40)47;/h5-14,16-19,21-25,38H,15,20H2,1-4H3;/q-2;/i4D3;. The SMILES string of the molecule is [2H]C([2H])([2H])n1[c](=[Pt])n(C2CCc3ccc(Oc4[c-]c5c(cc4)c4cc(-c6ccccc6)ccc4n5-c4cc(C(C)(C)C)ccn4)[c-]c32)c2ccccc21. The predicted molar refractivity (Wildman–Crippen MR) is 198 cm³/mol. The van der Waals surface area contributed by atoms with Gasteiger partial charge in [0.2, 0.25) is 0 Å². The molecule has 0 spiro atoms. The Balaban J connectivity index is 1.15. The van der Waals surface area contributed by atoms with Gasteiger partial charge in [-0.1, -0.05) is 63.2 Å². The molecule has 0 radical (unpaired) electrons. The number of imidazole rings is 1. The molecule has 50 heavy (non-hydrogen) atoms. The summed E-state index contributed by atoms with van der Waals surface area (Å²) in [5, 5.41) is 2.17. The van der Waals surface area contributed by atoms with E-state index in [9.17, 15) is 0 Å². The molecule has 250 valence electrons. The summed E-state index contributed by atoms with van der Waals surface area (Å²) in [6, 6.07) is 44.3. The third kappa shape index (κ3) is 5.10. The normalized spacial score (nSPS) is 15.7. The molecule has 0 saturated heterocycles. The molecule has 1 unspecified atom stereocenters. The summed E-state index contributed by atoms with van der Waals surface area (Å²) in [6.07, 6.45) is 3.60. The van der Waals surface area contributed by atoms with E-state index < -0.39 is 6.98 Å². The summed E-state index contributed by atoms with van der Waals surface area (Å²) < 4.78 is 37.9. The fourth-order valence-electron chi connectivity index (χ4n) is 7.38. The number of nitrogens with zero attached hydrogens (tertiary/aromatic N) is 4. The molecule has 6 heteroatoms. The first-order valence-electron chi connectivity index (χ1n) is 18.4. The van der Waals surface area contributed by atoms with Crippen LogP contribution in [0.4, 0.5) is 0 Å². The van der Waals surface area contributed by atoms with Crippen LogP contribution < -0.4 is 4.74 Å². The average molecular weight is 835 g/mol. The van der Waals surface area contributed by atoms with E-state index in [-0.39, 0.29) is 11.5 Å². The Morgan fingerprint density at radius 3 is 2.40 bits per heavy atom. The summed E-state index contributed by atoms with van der Waals surface area (Å²) in [7, 11) is 0. The van der Waals surface area contributed by atoms with Crippen LogP contribution in [0, 0.1) is 15.9 Å². The number of ether oxygens (including phenoxy) is 1. The summed E-state index contributed by atoms with van der Waals surface area (Å²) >= 11 is 2.16. The molecule has 1 atom stereocenters. The summed E-state index contributed by atoms with van der Waals surface area (Å²) in [5.74, 6) is 1.99. The first kappa shape index (κ1) is 27.8. The number of pyridine rings is 1. The van der Waals surface area contributed by atoms with E-state index in [0.29, 0.717) is 20.8 Å². The molecule has 1 aliphatic rings. The Morgan fingerprint density at radius 1 is 0.800 bits per heavy atom. The molecule has 0 amide bonds. The van der Waals surface area contributed by atoms with Crippen molar-refractivity contribution in [2.24, 2.45) is 6.98 Å². The van der Waals surface area contributed by atoms with Crippen LogP contribution >= 0.6 is 0 Å². The van der Waals surface area contributed by atoms with Gasteiger partial charge in [0.15, 0.2) is 0 Å². The van der Waals surface area contributed by atoms with Crippen LogP contribution in [-0.4, -0.2) is 18.7 Å². The zero-order valence-electron chi connectivity index (χ0n) is 31.0. The second-order valence-electron chi connectivity index (χ2n) is 14.0. The number of hydrogen-bond donors (Lipinski definition) is 0. The van der Waals surface area contributed by atoms with Crippen molar-refractivity contribution in [2.45, 2.75) is 45.1 Å². The van der Waals surface area contributed by atoms with Gasteiger partial charge in [-0.2, -0.15) is 0 Å². The Hall–Kier alpha value is -4.99. The number of fused-ring (bicyclic) bond motifs is 5. The Labute approximate surface area is 307 Å². The number of para-hydroxylation sites is 2. The maximum atomic E-state index is 8.28. The molecule has 0 bridgehead atoms. The first-order chi connectivity index (χ1) is 25.5. The van der Waals surface area contributed by atoms with Crippen LogP contribution in [0.1, 0.15) is 54.0 Å². The molecule has 8 aromatic rings. The average Bonchev–Trinajstić information content (AvgIpc) is 3.79. The van der Waals surface area contributed by atoms with Gasteiger partial charge in [0.25, 0.3) is 0 Å².